The predicted molar refractivity (Wildman–Crippen MR) is 74.7 cm³/mol. The molecule has 1 unspecified atom stereocenters. The first-order valence-electron chi connectivity index (χ1n) is 6.66. The van der Waals surface area contributed by atoms with Gasteiger partial charge < -0.3 is 14.6 Å². The van der Waals surface area contributed by atoms with E-state index in [1.807, 2.05) is 6.92 Å². The summed E-state index contributed by atoms with van der Waals surface area (Å²) in [7, 11) is 0. The standard InChI is InChI=1S/C15H20O5/c1-4-8-19-13-7-6-11(9-16)14(10(13)3)20-12(5-2)15(17)18/h6-7,9,12H,4-5,8H2,1-3H3,(H,17,18). The van der Waals surface area contributed by atoms with Gasteiger partial charge in [-0.05, 0) is 31.9 Å². The van der Waals surface area contributed by atoms with Gasteiger partial charge in [0.05, 0.1) is 12.2 Å². The van der Waals surface area contributed by atoms with E-state index < -0.39 is 12.1 Å². The third-order valence-electron chi connectivity index (χ3n) is 2.88. The van der Waals surface area contributed by atoms with Crippen LogP contribution in [-0.2, 0) is 4.79 Å². The molecule has 0 fully saturated rings. The van der Waals surface area contributed by atoms with Gasteiger partial charge in [0.1, 0.15) is 11.5 Å². The number of ether oxygens (including phenoxy) is 2. The third kappa shape index (κ3) is 3.73. The predicted octanol–water partition coefficient (Wildman–Crippen LogP) is 2.84. The molecular formula is C15H20O5. The van der Waals surface area contributed by atoms with Crippen molar-refractivity contribution in [1.29, 1.82) is 0 Å². The summed E-state index contributed by atoms with van der Waals surface area (Å²) in [4.78, 5) is 22.1. The van der Waals surface area contributed by atoms with E-state index in [0.29, 0.717) is 36.2 Å². The Morgan fingerprint density at radius 3 is 2.60 bits per heavy atom. The minimum atomic E-state index is -1.05. The fraction of sp³-hybridized carbons (Fsp3) is 0.467. The summed E-state index contributed by atoms with van der Waals surface area (Å²) < 4.78 is 11.0. The van der Waals surface area contributed by atoms with E-state index in [0.717, 1.165) is 6.42 Å². The van der Waals surface area contributed by atoms with Crippen LogP contribution in [0.5, 0.6) is 11.5 Å². The average molecular weight is 280 g/mol. The Hall–Kier alpha value is -2.04. The summed E-state index contributed by atoms with van der Waals surface area (Å²) in [6.45, 7) is 6.01. The summed E-state index contributed by atoms with van der Waals surface area (Å²) in [5.41, 5.74) is 0.966. The first-order chi connectivity index (χ1) is 9.54. The number of hydrogen-bond donors (Lipinski definition) is 1. The Bertz CT molecular complexity index is 481. The van der Waals surface area contributed by atoms with Gasteiger partial charge in [0, 0.05) is 5.56 Å². The number of carbonyl (C=O) groups is 2. The highest BCUT2D eigenvalue weighted by molar-refractivity contribution is 5.82. The zero-order valence-corrected chi connectivity index (χ0v) is 12.0. The molecule has 0 saturated carbocycles. The zero-order chi connectivity index (χ0) is 15.1. The molecule has 0 aliphatic carbocycles. The zero-order valence-electron chi connectivity index (χ0n) is 12.0. The smallest absolute Gasteiger partial charge is 0.344 e. The summed E-state index contributed by atoms with van der Waals surface area (Å²) in [5, 5.41) is 9.06. The van der Waals surface area contributed by atoms with Crippen molar-refractivity contribution in [2.45, 2.75) is 39.7 Å². The van der Waals surface area contributed by atoms with Crippen LogP contribution in [0.2, 0.25) is 0 Å². The molecule has 1 rings (SSSR count). The molecule has 5 nitrogen and oxygen atoms in total. The molecule has 5 heteroatoms. The maximum atomic E-state index is 11.1. The molecule has 0 radical (unpaired) electrons. The third-order valence-corrected chi connectivity index (χ3v) is 2.88. The second kappa shape index (κ2) is 7.53. The average Bonchev–Trinajstić information content (AvgIpc) is 2.44. The summed E-state index contributed by atoms with van der Waals surface area (Å²) in [5.74, 6) is -0.167. The molecule has 0 spiro atoms. The van der Waals surface area contributed by atoms with Crippen LogP contribution in [0.1, 0.15) is 42.6 Å². The number of aliphatic carboxylic acids is 1. The number of benzene rings is 1. The van der Waals surface area contributed by atoms with Crippen molar-refractivity contribution in [2.75, 3.05) is 6.61 Å². The Balaban J connectivity index is 3.13. The van der Waals surface area contributed by atoms with Crippen LogP contribution in [0, 0.1) is 6.92 Å². The minimum absolute atomic E-state index is 0.280. The van der Waals surface area contributed by atoms with Crippen molar-refractivity contribution in [1.82, 2.24) is 0 Å². The summed E-state index contributed by atoms with van der Waals surface area (Å²) >= 11 is 0. The minimum Gasteiger partial charge on any atom is -0.493 e. The lowest BCUT2D eigenvalue weighted by atomic mass is 10.1. The van der Waals surface area contributed by atoms with Crippen molar-refractivity contribution in [2.24, 2.45) is 0 Å². The van der Waals surface area contributed by atoms with Gasteiger partial charge in [-0.25, -0.2) is 4.79 Å². The molecule has 1 N–H and O–H groups in total. The maximum absolute atomic E-state index is 11.1. The highest BCUT2D eigenvalue weighted by Crippen LogP contribution is 2.32. The number of carbonyl (C=O) groups excluding carboxylic acids is 1. The first kappa shape index (κ1) is 16.0. The van der Waals surface area contributed by atoms with Gasteiger partial charge in [0.2, 0.25) is 0 Å². The van der Waals surface area contributed by atoms with Crippen LogP contribution in [0.15, 0.2) is 12.1 Å². The monoisotopic (exact) mass is 280 g/mol. The van der Waals surface area contributed by atoms with Gasteiger partial charge in [-0.2, -0.15) is 0 Å². The molecule has 0 aliphatic rings. The number of aldehydes is 1. The number of carboxylic acid groups (broad SMARTS) is 1. The van der Waals surface area contributed by atoms with E-state index in [2.05, 4.69) is 0 Å². The van der Waals surface area contributed by atoms with Crippen molar-refractivity contribution >= 4 is 12.3 Å². The molecular weight excluding hydrogens is 260 g/mol. The SMILES string of the molecule is CCCOc1ccc(C=O)c(OC(CC)C(=O)O)c1C. The lowest BCUT2D eigenvalue weighted by molar-refractivity contribution is -0.145. The molecule has 0 amide bonds. The van der Waals surface area contributed by atoms with Crippen molar-refractivity contribution < 1.29 is 24.2 Å². The van der Waals surface area contributed by atoms with Crippen LogP contribution in [0.4, 0.5) is 0 Å². The van der Waals surface area contributed by atoms with Gasteiger partial charge in [-0.15, -0.1) is 0 Å². The van der Waals surface area contributed by atoms with Crippen LogP contribution >= 0.6 is 0 Å². The van der Waals surface area contributed by atoms with E-state index in [1.165, 1.54) is 0 Å². The van der Waals surface area contributed by atoms with E-state index in [9.17, 15) is 9.59 Å². The molecule has 0 aromatic heterocycles. The Morgan fingerprint density at radius 1 is 1.40 bits per heavy atom. The van der Waals surface area contributed by atoms with Crippen LogP contribution < -0.4 is 9.47 Å². The second-order valence-electron chi connectivity index (χ2n) is 4.43. The fourth-order valence-electron chi connectivity index (χ4n) is 1.76. The van der Waals surface area contributed by atoms with Gasteiger partial charge in [-0.3, -0.25) is 4.79 Å². The largest absolute Gasteiger partial charge is 0.493 e. The maximum Gasteiger partial charge on any atom is 0.344 e. The van der Waals surface area contributed by atoms with Gasteiger partial charge in [0.25, 0.3) is 0 Å². The molecule has 1 aromatic carbocycles. The number of hydrogen-bond acceptors (Lipinski definition) is 4. The van der Waals surface area contributed by atoms with Crippen molar-refractivity contribution in [3.63, 3.8) is 0 Å². The highest BCUT2D eigenvalue weighted by atomic mass is 16.5. The highest BCUT2D eigenvalue weighted by Gasteiger charge is 2.21. The van der Waals surface area contributed by atoms with E-state index >= 15 is 0 Å². The Kier molecular flexibility index (Phi) is 6.03. The molecule has 0 heterocycles. The normalized spacial score (nSPS) is 11.8. The molecule has 0 saturated heterocycles. The molecule has 0 bridgehead atoms. The molecule has 20 heavy (non-hydrogen) atoms. The van der Waals surface area contributed by atoms with E-state index in [-0.39, 0.29) is 5.75 Å². The van der Waals surface area contributed by atoms with Crippen molar-refractivity contribution in [3.8, 4) is 11.5 Å². The first-order valence-corrected chi connectivity index (χ1v) is 6.66. The van der Waals surface area contributed by atoms with Crippen LogP contribution in [0.3, 0.4) is 0 Å². The fourth-order valence-corrected chi connectivity index (χ4v) is 1.76. The van der Waals surface area contributed by atoms with Crippen LogP contribution in [0.25, 0.3) is 0 Å². The quantitative estimate of drug-likeness (QED) is 0.741. The lowest BCUT2D eigenvalue weighted by Gasteiger charge is -2.18. The molecule has 1 atom stereocenters. The van der Waals surface area contributed by atoms with Crippen LogP contribution in [-0.4, -0.2) is 30.1 Å². The van der Waals surface area contributed by atoms with E-state index in [4.69, 9.17) is 14.6 Å². The Morgan fingerprint density at radius 2 is 2.10 bits per heavy atom. The van der Waals surface area contributed by atoms with Crippen molar-refractivity contribution in [3.05, 3.63) is 23.3 Å². The van der Waals surface area contributed by atoms with Gasteiger partial charge in [-0.1, -0.05) is 13.8 Å². The second-order valence-corrected chi connectivity index (χ2v) is 4.43. The Labute approximate surface area is 118 Å². The number of rotatable bonds is 8. The van der Waals surface area contributed by atoms with Gasteiger partial charge in [0.15, 0.2) is 12.4 Å². The summed E-state index contributed by atoms with van der Waals surface area (Å²) in [6.07, 6.45) is 0.847. The summed E-state index contributed by atoms with van der Waals surface area (Å²) in [6, 6.07) is 3.28. The molecule has 0 aliphatic heterocycles. The number of carboxylic acids is 1. The molecule has 110 valence electrons. The van der Waals surface area contributed by atoms with E-state index in [1.54, 1.807) is 26.0 Å². The van der Waals surface area contributed by atoms with Gasteiger partial charge >= 0.3 is 5.97 Å². The molecule has 1 aromatic rings. The lowest BCUT2D eigenvalue weighted by Crippen LogP contribution is -2.26. The topological polar surface area (TPSA) is 72.8 Å².